The van der Waals surface area contributed by atoms with Crippen molar-refractivity contribution in [2.24, 2.45) is 0 Å². The van der Waals surface area contributed by atoms with Gasteiger partial charge < -0.3 is 9.47 Å². The van der Waals surface area contributed by atoms with Crippen LogP contribution in [0.2, 0.25) is 5.02 Å². The second-order valence-corrected chi connectivity index (χ2v) is 4.89. The van der Waals surface area contributed by atoms with E-state index in [0.29, 0.717) is 17.3 Å². The van der Waals surface area contributed by atoms with Crippen molar-refractivity contribution in [1.82, 2.24) is 4.98 Å². The molecule has 23 heavy (non-hydrogen) atoms. The van der Waals surface area contributed by atoms with Gasteiger partial charge >= 0.3 is 12.1 Å². The van der Waals surface area contributed by atoms with Gasteiger partial charge in [0.05, 0.1) is 18.2 Å². The predicted molar refractivity (Wildman–Crippen MR) is 76.4 cm³/mol. The number of carbonyl (C=O) groups excluding carboxylic acids is 1. The first-order valence-corrected chi connectivity index (χ1v) is 6.72. The number of nitrogens with zero attached hydrogens (tertiary/aromatic N) is 1. The molecule has 0 saturated carbocycles. The third kappa shape index (κ3) is 4.35. The van der Waals surface area contributed by atoms with Crippen molar-refractivity contribution in [2.75, 3.05) is 7.11 Å². The van der Waals surface area contributed by atoms with Gasteiger partial charge in [-0.3, -0.25) is 0 Å². The fourth-order valence-corrected chi connectivity index (χ4v) is 1.91. The highest BCUT2D eigenvalue weighted by atomic mass is 35.5. The summed E-state index contributed by atoms with van der Waals surface area (Å²) in [5.74, 6) is -0.568. The highest BCUT2D eigenvalue weighted by Gasteiger charge is 2.31. The second kappa shape index (κ2) is 6.87. The molecule has 1 heterocycles. The Balaban J connectivity index is 2.05. The molecule has 8 heteroatoms. The summed E-state index contributed by atoms with van der Waals surface area (Å²) in [5, 5.41) is -0.231. The van der Waals surface area contributed by atoms with Gasteiger partial charge in [0.2, 0.25) is 5.88 Å². The van der Waals surface area contributed by atoms with Crippen LogP contribution in [0.5, 0.6) is 5.88 Å². The lowest BCUT2D eigenvalue weighted by atomic mass is 10.1. The number of rotatable bonds is 4. The van der Waals surface area contributed by atoms with Gasteiger partial charge in [0, 0.05) is 6.20 Å². The molecule has 2 rings (SSSR count). The van der Waals surface area contributed by atoms with E-state index in [9.17, 15) is 18.0 Å². The molecule has 0 amide bonds. The van der Waals surface area contributed by atoms with Gasteiger partial charge in [-0.25, -0.2) is 9.78 Å². The number of methoxy groups -OCH3 is 1. The van der Waals surface area contributed by atoms with Crippen LogP contribution in [-0.2, 0) is 17.5 Å². The lowest BCUT2D eigenvalue weighted by Crippen LogP contribution is -2.06. The van der Waals surface area contributed by atoms with E-state index in [-0.39, 0.29) is 17.5 Å². The summed E-state index contributed by atoms with van der Waals surface area (Å²) in [5.41, 5.74) is 0.120. The lowest BCUT2D eigenvalue weighted by molar-refractivity contribution is -0.137. The average molecular weight is 346 g/mol. The molecule has 0 bridgehead atoms. The lowest BCUT2D eigenvalue weighted by Gasteiger charge is -2.10. The topological polar surface area (TPSA) is 48.4 Å². The maximum atomic E-state index is 12.5. The van der Waals surface area contributed by atoms with Crippen molar-refractivity contribution in [3.8, 4) is 5.88 Å². The standard InChI is InChI=1S/C15H11ClF3NO3/c1-22-14(21)10-4-2-9(3-5-10)8-23-13-12(16)6-11(7-20-13)15(17,18)19/h2-7H,8H2,1H3. The molecule has 122 valence electrons. The molecule has 0 aliphatic carbocycles. The minimum atomic E-state index is -4.51. The SMILES string of the molecule is COC(=O)c1ccc(COc2ncc(C(F)(F)F)cc2Cl)cc1. The summed E-state index contributed by atoms with van der Waals surface area (Å²) in [4.78, 5) is 14.9. The minimum absolute atomic E-state index is 0.0412. The maximum Gasteiger partial charge on any atom is 0.417 e. The Kier molecular flexibility index (Phi) is 5.10. The number of esters is 1. The van der Waals surface area contributed by atoms with Crippen LogP contribution in [0.25, 0.3) is 0 Å². The maximum absolute atomic E-state index is 12.5. The highest BCUT2D eigenvalue weighted by Crippen LogP contribution is 2.33. The quantitative estimate of drug-likeness (QED) is 0.782. The molecule has 2 aromatic rings. The number of alkyl halides is 3. The Labute approximate surface area is 134 Å². The monoisotopic (exact) mass is 345 g/mol. The van der Waals surface area contributed by atoms with E-state index in [0.717, 1.165) is 6.07 Å². The van der Waals surface area contributed by atoms with Crippen molar-refractivity contribution in [1.29, 1.82) is 0 Å². The van der Waals surface area contributed by atoms with Crippen LogP contribution in [0.15, 0.2) is 36.5 Å². The molecule has 1 aromatic carbocycles. The van der Waals surface area contributed by atoms with Crippen molar-refractivity contribution in [3.05, 3.63) is 58.2 Å². The molecule has 0 N–H and O–H groups in total. The first-order chi connectivity index (χ1) is 10.8. The van der Waals surface area contributed by atoms with Crippen LogP contribution in [-0.4, -0.2) is 18.1 Å². The number of hydrogen-bond donors (Lipinski definition) is 0. The van der Waals surface area contributed by atoms with Crippen molar-refractivity contribution in [2.45, 2.75) is 12.8 Å². The van der Waals surface area contributed by atoms with Gasteiger partial charge in [-0.2, -0.15) is 13.2 Å². The molecular weight excluding hydrogens is 335 g/mol. The van der Waals surface area contributed by atoms with Crippen LogP contribution in [0, 0.1) is 0 Å². The third-order valence-corrected chi connectivity index (χ3v) is 3.16. The van der Waals surface area contributed by atoms with Gasteiger partial charge in [0.15, 0.2) is 0 Å². The fourth-order valence-electron chi connectivity index (χ4n) is 1.69. The molecule has 4 nitrogen and oxygen atoms in total. The Bertz CT molecular complexity index is 702. The highest BCUT2D eigenvalue weighted by molar-refractivity contribution is 6.31. The molecule has 0 fully saturated rings. The summed E-state index contributed by atoms with van der Waals surface area (Å²) in [6, 6.07) is 7.11. The fraction of sp³-hybridized carbons (Fsp3) is 0.200. The van der Waals surface area contributed by atoms with Crippen LogP contribution in [0.3, 0.4) is 0 Å². The number of aromatic nitrogens is 1. The van der Waals surface area contributed by atoms with Crippen molar-refractivity contribution >= 4 is 17.6 Å². The number of hydrogen-bond acceptors (Lipinski definition) is 4. The number of benzene rings is 1. The van der Waals surface area contributed by atoms with Crippen LogP contribution < -0.4 is 4.74 Å². The Hall–Kier alpha value is -2.28. The molecule has 0 radical (unpaired) electrons. The first-order valence-electron chi connectivity index (χ1n) is 6.34. The zero-order chi connectivity index (χ0) is 17.0. The third-order valence-electron chi connectivity index (χ3n) is 2.89. The van der Waals surface area contributed by atoms with E-state index in [2.05, 4.69) is 9.72 Å². The van der Waals surface area contributed by atoms with E-state index in [4.69, 9.17) is 16.3 Å². The second-order valence-electron chi connectivity index (χ2n) is 4.49. The predicted octanol–water partition coefficient (Wildman–Crippen LogP) is 4.12. The molecule has 0 atom stereocenters. The molecule has 0 aliphatic heterocycles. The molecular formula is C15H11ClF3NO3. The van der Waals surface area contributed by atoms with E-state index < -0.39 is 17.7 Å². The Morgan fingerprint density at radius 2 is 1.91 bits per heavy atom. The van der Waals surface area contributed by atoms with E-state index in [1.807, 2.05) is 0 Å². The van der Waals surface area contributed by atoms with Crippen LogP contribution in [0.1, 0.15) is 21.5 Å². The van der Waals surface area contributed by atoms with Gasteiger partial charge in [0.25, 0.3) is 0 Å². The number of ether oxygens (including phenoxy) is 2. The van der Waals surface area contributed by atoms with Gasteiger partial charge in [-0.15, -0.1) is 0 Å². The van der Waals surface area contributed by atoms with Crippen molar-refractivity contribution in [3.63, 3.8) is 0 Å². The molecule has 1 aromatic heterocycles. The van der Waals surface area contributed by atoms with Crippen LogP contribution >= 0.6 is 11.6 Å². The number of carbonyl (C=O) groups is 1. The molecule has 0 unspecified atom stereocenters. The summed E-state index contributed by atoms with van der Waals surface area (Å²) in [6.45, 7) is 0.0412. The summed E-state index contributed by atoms with van der Waals surface area (Å²) in [6.07, 6.45) is -3.86. The smallest absolute Gasteiger partial charge is 0.417 e. The van der Waals surface area contributed by atoms with Crippen LogP contribution in [0.4, 0.5) is 13.2 Å². The first kappa shape index (κ1) is 17.1. The van der Waals surface area contributed by atoms with E-state index in [1.165, 1.54) is 7.11 Å². The summed E-state index contributed by atoms with van der Waals surface area (Å²) >= 11 is 5.74. The molecule has 0 spiro atoms. The molecule has 0 saturated heterocycles. The summed E-state index contributed by atoms with van der Waals surface area (Å²) < 4.78 is 47.4. The zero-order valence-electron chi connectivity index (χ0n) is 11.9. The van der Waals surface area contributed by atoms with E-state index in [1.54, 1.807) is 24.3 Å². The number of halogens is 4. The minimum Gasteiger partial charge on any atom is -0.472 e. The largest absolute Gasteiger partial charge is 0.472 e. The summed E-state index contributed by atoms with van der Waals surface area (Å²) in [7, 11) is 1.28. The average Bonchev–Trinajstić information content (AvgIpc) is 2.52. The van der Waals surface area contributed by atoms with Gasteiger partial charge in [-0.1, -0.05) is 23.7 Å². The van der Waals surface area contributed by atoms with Crippen molar-refractivity contribution < 1.29 is 27.4 Å². The van der Waals surface area contributed by atoms with Gasteiger partial charge in [-0.05, 0) is 23.8 Å². The normalized spacial score (nSPS) is 11.2. The zero-order valence-corrected chi connectivity index (χ0v) is 12.6. The van der Waals surface area contributed by atoms with Gasteiger partial charge in [0.1, 0.15) is 11.6 Å². The van der Waals surface area contributed by atoms with E-state index >= 15 is 0 Å². The molecule has 0 aliphatic rings. The Morgan fingerprint density at radius 3 is 2.43 bits per heavy atom. The Morgan fingerprint density at radius 1 is 1.26 bits per heavy atom. The number of pyridine rings is 1.